The minimum absolute atomic E-state index is 0.00248. The third-order valence-electron chi connectivity index (χ3n) is 3.78. The number of rotatable bonds is 6. The molecule has 1 aromatic carbocycles. The number of nitrogens with zero attached hydrogens (tertiary/aromatic N) is 6. The first-order chi connectivity index (χ1) is 13.4. The molecule has 0 aliphatic rings. The van der Waals surface area contributed by atoms with Gasteiger partial charge in [0.2, 0.25) is 5.95 Å². The molecule has 0 saturated heterocycles. The lowest BCUT2D eigenvalue weighted by Gasteiger charge is -2.13. The van der Waals surface area contributed by atoms with Crippen molar-refractivity contribution >= 4 is 11.9 Å². The van der Waals surface area contributed by atoms with Crippen molar-refractivity contribution in [1.82, 2.24) is 29.8 Å². The Labute approximate surface area is 156 Å². The van der Waals surface area contributed by atoms with E-state index >= 15 is 0 Å². The topological polar surface area (TPSA) is 117 Å². The Balaban J connectivity index is 2.05. The van der Waals surface area contributed by atoms with Gasteiger partial charge >= 0.3 is 0 Å². The first-order valence-corrected chi connectivity index (χ1v) is 7.99. The van der Waals surface area contributed by atoms with Crippen molar-refractivity contribution in [3.63, 3.8) is 0 Å². The first-order valence-electron chi connectivity index (χ1n) is 7.99. The molecule has 0 bridgehead atoms. The molecule has 2 heterocycles. The molecule has 0 radical (unpaired) electrons. The second-order valence-electron chi connectivity index (χ2n) is 5.68. The molecule has 3 aromatic rings. The normalized spacial score (nSPS) is 10.9. The second-order valence-corrected chi connectivity index (χ2v) is 5.68. The molecule has 28 heavy (non-hydrogen) atoms. The number of hydrogen-bond donors (Lipinski definition) is 1. The van der Waals surface area contributed by atoms with Gasteiger partial charge in [0.05, 0.1) is 13.2 Å². The maximum atomic E-state index is 13.6. The van der Waals surface area contributed by atoms with Gasteiger partial charge in [-0.2, -0.15) is 0 Å². The molecule has 0 aliphatic heterocycles. The van der Waals surface area contributed by atoms with Crippen LogP contribution in [-0.2, 0) is 18.3 Å². The molecule has 0 aliphatic carbocycles. The number of ether oxygens (including phenoxy) is 1. The van der Waals surface area contributed by atoms with Gasteiger partial charge in [-0.1, -0.05) is 5.10 Å². The van der Waals surface area contributed by atoms with Crippen LogP contribution in [0.3, 0.4) is 0 Å². The Hall–Kier alpha value is -3.54. The van der Waals surface area contributed by atoms with E-state index in [0.717, 1.165) is 22.9 Å². The molecule has 0 atom stereocenters. The van der Waals surface area contributed by atoms with Crippen LogP contribution in [0, 0.1) is 11.6 Å². The lowest BCUT2D eigenvalue weighted by Crippen LogP contribution is -2.32. The van der Waals surface area contributed by atoms with E-state index in [1.165, 1.54) is 18.8 Å². The fraction of sp³-hybridized carbons (Fsp3) is 0.250. The Morgan fingerprint density at radius 2 is 1.96 bits per heavy atom. The van der Waals surface area contributed by atoms with Crippen molar-refractivity contribution < 1.29 is 18.3 Å². The van der Waals surface area contributed by atoms with E-state index in [-0.39, 0.29) is 36.1 Å². The number of methoxy groups -OCH3 is 1. The Morgan fingerprint density at radius 3 is 2.57 bits per heavy atom. The first kappa shape index (κ1) is 19.2. The molecule has 1 N–H and O–H groups in total. The van der Waals surface area contributed by atoms with Crippen LogP contribution in [0.1, 0.15) is 10.4 Å². The monoisotopic (exact) mass is 391 g/mol. The summed E-state index contributed by atoms with van der Waals surface area (Å²) in [6, 6.07) is 2.79. The molecular weight excluding hydrogens is 376 g/mol. The van der Waals surface area contributed by atoms with Crippen molar-refractivity contribution in [2.45, 2.75) is 6.54 Å². The molecule has 3 rings (SSSR count). The van der Waals surface area contributed by atoms with Crippen molar-refractivity contribution in [1.29, 1.82) is 0 Å². The molecule has 146 valence electrons. The van der Waals surface area contributed by atoms with Crippen molar-refractivity contribution in [2.75, 3.05) is 19.0 Å². The highest BCUT2D eigenvalue weighted by Gasteiger charge is 2.19. The second kappa shape index (κ2) is 8.00. The molecule has 0 fully saturated rings. The van der Waals surface area contributed by atoms with Crippen molar-refractivity contribution in [3.05, 3.63) is 51.9 Å². The Bertz CT molecular complexity index is 1060. The molecule has 12 heteroatoms. The minimum atomic E-state index is -0.820. The summed E-state index contributed by atoms with van der Waals surface area (Å²) >= 11 is 0. The third kappa shape index (κ3) is 3.91. The molecular formula is C16H15F2N7O3. The molecule has 0 unspecified atom stereocenters. The lowest BCUT2D eigenvalue weighted by molar-refractivity contribution is 0.102. The fourth-order valence-corrected chi connectivity index (χ4v) is 2.46. The van der Waals surface area contributed by atoms with Crippen LogP contribution >= 0.6 is 0 Å². The number of aryl methyl sites for hydroxylation is 1. The van der Waals surface area contributed by atoms with Crippen LogP contribution in [0.5, 0.6) is 0 Å². The predicted molar refractivity (Wildman–Crippen MR) is 92.5 cm³/mol. The number of amides is 1. The van der Waals surface area contributed by atoms with Gasteiger partial charge in [0.25, 0.3) is 11.5 Å². The van der Waals surface area contributed by atoms with E-state index in [1.807, 2.05) is 0 Å². The maximum absolute atomic E-state index is 13.6. The molecule has 10 nitrogen and oxygen atoms in total. The number of carbonyl (C=O) groups excluding carboxylic acids is 1. The predicted octanol–water partition coefficient (Wildman–Crippen LogP) is 0.611. The summed E-state index contributed by atoms with van der Waals surface area (Å²) in [6.45, 7) is 0.132. The summed E-state index contributed by atoms with van der Waals surface area (Å²) in [4.78, 5) is 29.4. The summed E-state index contributed by atoms with van der Waals surface area (Å²) in [6.07, 6.45) is 1.03. The zero-order valence-electron chi connectivity index (χ0n) is 14.9. The van der Waals surface area contributed by atoms with Crippen LogP contribution < -0.4 is 10.9 Å². The standard InChI is InChI=1S/C16H15F2N7O3/c1-24-16(21-22-23-24)20-14(26)12-8-19-13(25(15(12)27)3-4-28-2)9-5-10(17)7-11(18)6-9/h5-8H,3-4H2,1-2H3,(H,20,21,23,26). The van der Waals surface area contributed by atoms with Crippen LogP contribution in [0.2, 0.25) is 0 Å². The molecule has 0 saturated carbocycles. The van der Waals surface area contributed by atoms with Gasteiger partial charge < -0.3 is 4.74 Å². The van der Waals surface area contributed by atoms with Gasteiger partial charge in [-0.05, 0) is 22.6 Å². The van der Waals surface area contributed by atoms with E-state index < -0.39 is 23.1 Å². The van der Waals surface area contributed by atoms with Crippen LogP contribution in [0.4, 0.5) is 14.7 Å². The SMILES string of the molecule is COCCn1c(-c2cc(F)cc(F)c2)ncc(C(=O)Nc2nnnn2C)c1=O. The summed E-state index contributed by atoms with van der Waals surface area (Å²) < 4.78 is 34.5. The van der Waals surface area contributed by atoms with E-state index in [1.54, 1.807) is 0 Å². The van der Waals surface area contributed by atoms with Gasteiger partial charge in [-0.25, -0.2) is 18.4 Å². The smallest absolute Gasteiger partial charge is 0.266 e. The van der Waals surface area contributed by atoms with E-state index in [9.17, 15) is 18.4 Å². The molecule has 0 spiro atoms. The Morgan fingerprint density at radius 1 is 1.25 bits per heavy atom. The van der Waals surface area contributed by atoms with Crippen LogP contribution in [-0.4, -0.2) is 49.4 Å². The zero-order chi connectivity index (χ0) is 20.3. The van der Waals surface area contributed by atoms with E-state index in [0.29, 0.717) is 6.07 Å². The van der Waals surface area contributed by atoms with Crippen LogP contribution in [0.25, 0.3) is 11.4 Å². The number of anilines is 1. The lowest BCUT2D eigenvalue weighted by atomic mass is 10.2. The highest BCUT2D eigenvalue weighted by atomic mass is 19.1. The number of tetrazole rings is 1. The summed E-state index contributed by atoms with van der Waals surface area (Å²) in [5.41, 5.74) is -0.950. The largest absolute Gasteiger partial charge is 0.383 e. The summed E-state index contributed by atoms with van der Waals surface area (Å²) in [7, 11) is 2.93. The summed E-state index contributed by atoms with van der Waals surface area (Å²) in [5, 5.41) is 12.9. The number of halogens is 2. The van der Waals surface area contributed by atoms with Gasteiger partial charge in [0, 0.05) is 32.0 Å². The highest BCUT2D eigenvalue weighted by molar-refractivity contribution is 6.02. The van der Waals surface area contributed by atoms with Crippen molar-refractivity contribution in [2.24, 2.45) is 7.05 Å². The minimum Gasteiger partial charge on any atom is -0.383 e. The van der Waals surface area contributed by atoms with E-state index in [4.69, 9.17) is 4.74 Å². The number of aromatic nitrogens is 6. The molecule has 1 amide bonds. The number of benzene rings is 1. The average molecular weight is 391 g/mol. The van der Waals surface area contributed by atoms with Crippen molar-refractivity contribution in [3.8, 4) is 11.4 Å². The third-order valence-corrected chi connectivity index (χ3v) is 3.78. The molecule has 2 aromatic heterocycles. The zero-order valence-corrected chi connectivity index (χ0v) is 14.9. The number of nitrogens with one attached hydrogen (secondary N) is 1. The van der Waals surface area contributed by atoms with E-state index in [2.05, 4.69) is 25.8 Å². The van der Waals surface area contributed by atoms with Gasteiger partial charge in [-0.3, -0.25) is 19.5 Å². The van der Waals surface area contributed by atoms with Gasteiger partial charge in [0.1, 0.15) is 23.0 Å². The summed E-state index contributed by atoms with van der Waals surface area (Å²) in [5.74, 6) is -2.39. The quantitative estimate of drug-likeness (QED) is 0.654. The highest BCUT2D eigenvalue weighted by Crippen LogP contribution is 2.19. The number of carbonyl (C=O) groups is 1. The maximum Gasteiger partial charge on any atom is 0.266 e. The fourth-order valence-electron chi connectivity index (χ4n) is 2.46. The van der Waals surface area contributed by atoms with Crippen LogP contribution in [0.15, 0.2) is 29.2 Å². The Kier molecular flexibility index (Phi) is 5.49. The number of hydrogen-bond acceptors (Lipinski definition) is 7. The van der Waals surface area contributed by atoms with Gasteiger partial charge in [0.15, 0.2) is 0 Å². The average Bonchev–Trinajstić information content (AvgIpc) is 3.04. The van der Waals surface area contributed by atoms with Gasteiger partial charge in [-0.15, -0.1) is 0 Å².